The fourth-order valence-electron chi connectivity index (χ4n) is 1.13. The van der Waals surface area contributed by atoms with Crippen molar-refractivity contribution in [1.29, 1.82) is 0 Å². The largest absolute Gasteiger partial charge is 0.454 e. The third kappa shape index (κ3) is 1.74. The van der Waals surface area contributed by atoms with Gasteiger partial charge in [-0.05, 0) is 6.92 Å². The summed E-state index contributed by atoms with van der Waals surface area (Å²) in [4.78, 5) is 10.5. The molecule has 1 aliphatic heterocycles. The molecule has 12 heavy (non-hydrogen) atoms. The van der Waals surface area contributed by atoms with E-state index in [0.717, 1.165) is 0 Å². The quantitative estimate of drug-likeness (QED) is 0.502. The Morgan fingerprint density at radius 3 is 2.42 bits per heavy atom. The van der Waals surface area contributed by atoms with Crippen molar-refractivity contribution in [1.82, 2.24) is 0 Å². The molecule has 0 radical (unpaired) electrons. The van der Waals surface area contributed by atoms with Crippen molar-refractivity contribution in [2.45, 2.75) is 38.4 Å². The minimum Gasteiger partial charge on any atom is -0.454 e. The van der Waals surface area contributed by atoms with E-state index < -0.39 is 30.6 Å². The van der Waals surface area contributed by atoms with Crippen LogP contribution < -0.4 is 0 Å². The number of rotatable bonds is 1. The molecule has 1 fully saturated rings. The molecule has 4 atom stereocenters. The van der Waals surface area contributed by atoms with Crippen LogP contribution >= 0.6 is 0 Å². The average Bonchev–Trinajstić information content (AvgIpc) is 2.16. The van der Waals surface area contributed by atoms with Crippen LogP contribution in [0.5, 0.6) is 0 Å². The maximum Gasteiger partial charge on any atom is 0.303 e. The maximum atomic E-state index is 10.5. The Kier molecular flexibility index (Phi) is 2.66. The van der Waals surface area contributed by atoms with E-state index in [-0.39, 0.29) is 0 Å². The second kappa shape index (κ2) is 3.38. The van der Waals surface area contributed by atoms with Gasteiger partial charge in [0, 0.05) is 6.92 Å². The molecule has 1 heterocycles. The summed E-state index contributed by atoms with van der Waals surface area (Å²) in [5.41, 5.74) is 0. The van der Waals surface area contributed by atoms with Crippen LogP contribution in [0.3, 0.4) is 0 Å². The molecule has 0 saturated carbocycles. The highest BCUT2D eigenvalue weighted by Crippen LogP contribution is 2.21. The number of aliphatic hydroxyl groups excluding tert-OH is 2. The molecule has 0 amide bonds. The number of ether oxygens (including phenoxy) is 2. The zero-order chi connectivity index (χ0) is 9.30. The van der Waals surface area contributed by atoms with E-state index in [4.69, 9.17) is 9.84 Å². The summed E-state index contributed by atoms with van der Waals surface area (Å²) in [6.45, 7) is 2.81. The van der Waals surface area contributed by atoms with Crippen molar-refractivity contribution < 1.29 is 24.5 Å². The highest BCUT2D eigenvalue weighted by atomic mass is 16.7. The summed E-state index contributed by atoms with van der Waals surface area (Å²) < 4.78 is 9.46. The fraction of sp³-hybridized carbons (Fsp3) is 0.857. The highest BCUT2D eigenvalue weighted by molar-refractivity contribution is 5.66. The number of aliphatic hydroxyl groups is 2. The van der Waals surface area contributed by atoms with E-state index in [9.17, 15) is 9.90 Å². The predicted octanol–water partition coefficient (Wildman–Crippen LogP) is -0.984. The minimum absolute atomic E-state index is 0.510. The first-order valence-electron chi connectivity index (χ1n) is 3.71. The number of carbonyl (C=O) groups excluding carboxylic acids is 1. The Morgan fingerprint density at radius 2 is 2.08 bits per heavy atom. The molecule has 0 aliphatic carbocycles. The first-order valence-corrected chi connectivity index (χ1v) is 3.71. The van der Waals surface area contributed by atoms with Crippen molar-refractivity contribution >= 4 is 5.97 Å². The number of hydrogen-bond acceptors (Lipinski definition) is 5. The molecule has 1 rings (SSSR count). The maximum absolute atomic E-state index is 10.5. The van der Waals surface area contributed by atoms with Gasteiger partial charge in [-0.3, -0.25) is 4.79 Å². The molecule has 5 heteroatoms. The van der Waals surface area contributed by atoms with Gasteiger partial charge >= 0.3 is 5.97 Å². The van der Waals surface area contributed by atoms with E-state index in [0.29, 0.717) is 0 Å². The van der Waals surface area contributed by atoms with Gasteiger partial charge in [0.2, 0.25) is 0 Å². The van der Waals surface area contributed by atoms with Crippen molar-refractivity contribution in [2.75, 3.05) is 0 Å². The Hall–Kier alpha value is -0.650. The van der Waals surface area contributed by atoms with Crippen LogP contribution in [0.15, 0.2) is 0 Å². The number of hydrogen-bond donors (Lipinski definition) is 2. The van der Waals surface area contributed by atoms with E-state index in [1.54, 1.807) is 6.92 Å². The van der Waals surface area contributed by atoms with Gasteiger partial charge in [0.1, 0.15) is 6.10 Å². The molecule has 2 N–H and O–H groups in total. The van der Waals surface area contributed by atoms with Crippen LogP contribution in [0.25, 0.3) is 0 Å². The van der Waals surface area contributed by atoms with E-state index in [1.807, 2.05) is 0 Å². The van der Waals surface area contributed by atoms with Crippen LogP contribution in [-0.2, 0) is 14.3 Å². The van der Waals surface area contributed by atoms with E-state index >= 15 is 0 Å². The molecular formula is C7H12O5. The van der Waals surface area contributed by atoms with Crippen molar-refractivity contribution in [2.24, 2.45) is 0 Å². The lowest BCUT2D eigenvalue weighted by atomic mass is 10.1. The molecule has 0 aromatic heterocycles. The second-order valence-electron chi connectivity index (χ2n) is 2.80. The summed E-state index contributed by atoms with van der Waals surface area (Å²) in [5, 5.41) is 18.4. The second-order valence-corrected chi connectivity index (χ2v) is 2.80. The van der Waals surface area contributed by atoms with Crippen molar-refractivity contribution in [3.05, 3.63) is 0 Å². The molecule has 70 valence electrons. The van der Waals surface area contributed by atoms with E-state index in [2.05, 4.69) is 4.74 Å². The summed E-state index contributed by atoms with van der Waals surface area (Å²) in [6, 6.07) is 0. The zero-order valence-electron chi connectivity index (χ0n) is 6.93. The molecule has 3 unspecified atom stereocenters. The first-order chi connectivity index (χ1) is 5.52. The average molecular weight is 176 g/mol. The van der Waals surface area contributed by atoms with Crippen LogP contribution in [0, 0.1) is 0 Å². The highest BCUT2D eigenvalue weighted by Gasteiger charge is 2.42. The third-order valence-corrected chi connectivity index (χ3v) is 1.75. The van der Waals surface area contributed by atoms with Gasteiger partial charge in [0.05, 0.1) is 6.10 Å². The normalized spacial score (nSPS) is 41.3. The molecule has 1 saturated heterocycles. The Balaban J connectivity index is 2.57. The Bertz CT molecular complexity index is 181. The van der Waals surface area contributed by atoms with Gasteiger partial charge in [-0.25, -0.2) is 0 Å². The molecule has 0 bridgehead atoms. The molecule has 1 aliphatic rings. The number of esters is 1. The summed E-state index contributed by atoms with van der Waals surface area (Å²) >= 11 is 0. The van der Waals surface area contributed by atoms with Crippen LogP contribution in [0.1, 0.15) is 13.8 Å². The molecule has 0 aromatic rings. The van der Waals surface area contributed by atoms with Crippen molar-refractivity contribution in [3.63, 3.8) is 0 Å². The van der Waals surface area contributed by atoms with Crippen molar-refractivity contribution in [3.8, 4) is 0 Å². The SMILES string of the molecule is CC(=O)OC1C(O)OC(C)[C@@H]1O. The van der Waals surface area contributed by atoms with E-state index in [1.165, 1.54) is 6.92 Å². The van der Waals surface area contributed by atoms with Crippen LogP contribution in [0.4, 0.5) is 0 Å². The van der Waals surface area contributed by atoms with Gasteiger partial charge < -0.3 is 19.7 Å². The fourth-order valence-corrected chi connectivity index (χ4v) is 1.13. The zero-order valence-corrected chi connectivity index (χ0v) is 6.93. The van der Waals surface area contributed by atoms with Gasteiger partial charge in [0.15, 0.2) is 12.4 Å². The Labute approximate surface area is 69.9 Å². The van der Waals surface area contributed by atoms with Gasteiger partial charge in [-0.2, -0.15) is 0 Å². The molecule has 0 aromatic carbocycles. The van der Waals surface area contributed by atoms with Gasteiger partial charge in [-0.1, -0.05) is 0 Å². The summed E-state index contributed by atoms with van der Waals surface area (Å²) in [6.07, 6.45) is -3.65. The standard InChI is InChI=1S/C7H12O5/c1-3-5(9)6(7(10)11-3)12-4(2)8/h3,5-7,9-10H,1-2H3/t3?,5-,6?,7?/m0/s1. The summed E-state index contributed by atoms with van der Waals surface area (Å²) in [5.74, 6) is -0.546. The predicted molar refractivity (Wildman–Crippen MR) is 38.1 cm³/mol. The molecular weight excluding hydrogens is 164 g/mol. The Morgan fingerprint density at radius 1 is 1.50 bits per heavy atom. The van der Waals surface area contributed by atoms with Crippen LogP contribution in [-0.4, -0.2) is 40.8 Å². The first kappa shape index (κ1) is 9.44. The van der Waals surface area contributed by atoms with Crippen LogP contribution in [0.2, 0.25) is 0 Å². The van der Waals surface area contributed by atoms with Gasteiger partial charge in [-0.15, -0.1) is 0 Å². The topological polar surface area (TPSA) is 76.0 Å². The number of carbonyl (C=O) groups is 1. The lowest BCUT2D eigenvalue weighted by molar-refractivity contribution is -0.169. The molecule has 5 nitrogen and oxygen atoms in total. The lowest BCUT2D eigenvalue weighted by Crippen LogP contribution is -2.35. The van der Waals surface area contributed by atoms with Gasteiger partial charge in [0.25, 0.3) is 0 Å². The monoisotopic (exact) mass is 176 g/mol. The third-order valence-electron chi connectivity index (χ3n) is 1.75. The molecule has 0 spiro atoms. The minimum atomic E-state index is -1.22. The summed E-state index contributed by atoms with van der Waals surface area (Å²) in [7, 11) is 0. The smallest absolute Gasteiger partial charge is 0.303 e. The lowest BCUT2D eigenvalue weighted by Gasteiger charge is -2.15.